The summed E-state index contributed by atoms with van der Waals surface area (Å²) in [6.07, 6.45) is -0.549. The minimum Gasteiger partial charge on any atom is -0.378 e. The number of ketones is 1. The summed E-state index contributed by atoms with van der Waals surface area (Å²) < 4.78 is 28.4. The second-order valence-corrected chi connectivity index (χ2v) is 8.31. The minimum atomic E-state index is -3.20. The van der Waals surface area contributed by atoms with Gasteiger partial charge in [-0.15, -0.1) is 0 Å². The number of amides is 2. The lowest BCUT2D eigenvalue weighted by Gasteiger charge is -2.18. The number of anilines is 1. The van der Waals surface area contributed by atoms with Gasteiger partial charge in [-0.2, -0.15) is 0 Å². The van der Waals surface area contributed by atoms with Gasteiger partial charge in [0.25, 0.3) is 0 Å². The van der Waals surface area contributed by atoms with Crippen LogP contribution >= 0.6 is 0 Å². The van der Waals surface area contributed by atoms with Crippen LogP contribution in [0.5, 0.6) is 0 Å². The van der Waals surface area contributed by atoms with Crippen molar-refractivity contribution < 1.29 is 22.7 Å². The van der Waals surface area contributed by atoms with Crippen molar-refractivity contribution in [3.63, 3.8) is 0 Å². The van der Waals surface area contributed by atoms with Gasteiger partial charge in [0, 0.05) is 24.3 Å². The molecule has 1 aliphatic heterocycles. The number of nitrogens with one attached hydrogen (secondary N) is 2. The van der Waals surface area contributed by atoms with Crippen molar-refractivity contribution in [3.8, 4) is 0 Å². The number of Topliss-reactive ketones (excluding diaryl/α,β-unsaturated/α-hetero) is 1. The van der Waals surface area contributed by atoms with Crippen LogP contribution in [0.3, 0.4) is 0 Å². The molecule has 2 amide bonds. The Bertz CT molecular complexity index is 712. The van der Waals surface area contributed by atoms with Crippen molar-refractivity contribution in [3.05, 3.63) is 29.8 Å². The first-order chi connectivity index (χ1) is 11.2. The van der Waals surface area contributed by atoms with Gasteiger partial charge >= 0.3 is 6.03 Å². The minimum absolute atomic E-state index is 0.0325. The molecule has 0 bridgehead atoms. The Morgan fingerprint density at radius 1 is 1.17 bits per heavy atom. The van der Waals surface area contributed by atoms with Crippen LogP contribution in [-0.2, 0) is 14.6 Å². The van der Waals surface area contributed by atoms with E-state index in [1.807, 2.05) is 13.8 Å². The molecule has 2 atom stereocenters. The van der Waals surface area contributed by atoms with E-state index in [9.17, 15) is 18.0 Å². The van der Waals surface area contributed by atoms with Gasteiger partial charge in [0.2, 0.25) is 0 Å². The van der Waals surface area contributed by atoms with Crippen molar-refractivity contribution >= 4 is 27.3 Å². The van der Waals surface area contributed by atoms with Gasteiger partial charge in [-0.05, 0) is 24.3 Å². The summed E-state index contributed by atoms with van der Waals surface area (Å²) in [5.74, 6) is -0.297. The first-order valence-electron chi connectivity index (χ1n) is 7.67. The molecule has 1 fully saturated rings. The number of carbonyl (C=O) groups excluding carboxylic acids is 2. The van der Waals surface area contributed by atoms with Gasteiger partial charge in [0.15, 0.2) is 15.6 Å². The molecule has 0 saturated carbocycles. The SMILES string of the molecule is COC1CS(=O)(=O)CC1NC(=O)Nc1ccc(C(=O)C(C)C)cc1. The van der Waals surface area contributed by atoms with Crippen LogP contribution in [0, 0.1) is 5.92 Å². The molecule has 7 nitrogen and oxygen atoms in total. The molecular formula is C16H22N2O5S. The summed E-state index contributed by atoms with van der Waals surface area (Å²) in [5.41, 5.74) is 1.10. The Morgan fingerprint density at radius 3 is 2.33 bits per heavy atom. The standard InChI is InChI=1S/C16H22N2O5S/c1-10(2)15(19)11-4-6-12(7-5-11)17-16(20)18-13-8-24(21,22)9-14(13)23-3/h4-7,10,13-14H,8-9H2,1-3H3,(H2,17,18,20). The lowest BCUT2D eigenvalue weighted by atomic mass is 10.0. The molecule has 1 heterocycles. The summed E-state index contributed by atoms with van der Waals surface area (Å²) in [5, 5.41) is 5.24. The van der Waals surface area contributed by atoms with Gasteiger partial charge in [0.1, 0.15) is 0 Å². The van der Waals surface area contributed by atoms with Gasteiger partial charge in [-0.25, -0.2) is 13.2 Å². The summed E-state index contributed by atoms with van der Waals surface area (Å²) >= 11 is 0. The summed E-state index contributed by atoms with van der Waals surface area (Å²) in [4.78, 5) is 23.9. The zero-order chi connectivity index (χ0) is 17.9. The second kappa shape index (κ2) is 7.31. The van der Waals surface area contributed by atoms with E-state index in [2.05, 4.69) is 10.6 Å². The van der Waals surface area contributed by atoms with E-state index in [4.69, 9.17) is 4.74 Å². The maximum atomic E-state index is 12.0. The van der Waals surface area contributed by atoms with Crippen molar-refractivity contribution in [2.75, 3.05) is 23.9 Å². The molecule has 2 rings (SSSR count). The molecule has 0 aromatic heterocycles. The zero-order valence-corrected chi connectivity index (χ0v) is 14.7. The number of rotatable bonds is 5. The Morgan fingerprint density at radius 2 is 1.79 bits per heavy atom. The number of sulfone groups is 1. The quantitative estimate of drug-likeness (QED) is 0.780. The molecule has 1 saturated heterocycles. The molecule has 1 aromatic carbocycles. The maximum Gasteiger partial charge on any atom is 0.319 e. The molecule has 8 heteroatoms. The molecular weight excluding hydrogens is 332 g/mol. The van der Waals surface area contributed by atoms with E-state index >= 15 is 0 Å². The van der Waals surface area contributed by atoms with Gasteiger partial charge < -0.3 is 15.4 Å². The fourth-order valence-electron chi connectivity index (χ4n) is 2.57. The van der Waals surface area contributed by atoms with Crippen LogP contribution in [0.4, 0.5) is 10.5 Å². The van der Waals surface area contributed by atoms with Gasteiger partial charge in [-0.3, -0.25) is 4.79 Å². The lowest BCUT2D eigenvalue weighted by Crippen LogP contribution is -2.45. The van der Waals surface area contributed by atoms with Crippen LogP contribution in [0.15, 0.2) is 24.3 Å². The molecule has 0 radical (unpaired) electrons. The van der Waals surface area contributed by atoms with E-state index in [1.54, 1.807) is 24.3 Å². The van der Waals surface area contributed by atoms with E-state index < -0.39 is 28.0 Å². The van der Waals surface area contributed by atoms with Crippen molar-refractivity contribution in [2.24, 2.45) is 5.92 Å². The van der Waals surface area contributed by atoms with Crippen LogP contribution < -0.4 is 10.6 Å². The fourth-order valence-corrected chi connectivity index (χ4v) is 4.42. The normalized spacial score (nSPS) is 22.3. The smallest absolute Gasteiger partial charge is 0.319 e. The highest BCUT2D eigenvalue weighted by Gasteiger charge is 2.38. The number of methoxy groups -OCH3 is 1. The number of carbonyl (C=O) groups is 2. The molecule has 0 spiro atoms. The zero-order valence-electron chi connectivity index (χ0n) is 13.9. The molecule has 2 N–H and O–H groups in total. The number of ether oxygens (including phenoxy) is 1. The predicted octanol–water partition coefficient (Wildman–Crippen LogP) is 1.46. The summed E-state index contributed by atoms with van der Waals surface area (Å²) in [6, 6.07) is 5.47. The molecule has 24 heavy (non-hydrogen) atoms. The highest BCUT2D eigenvalue weighted by atomic mass is 32.2. The topological polar surface area (TPSA) is 102 Å². The van der Waals surface area contributed by atoms with Crippen molar-refractivity contribution in [1.82, 2.24) is 5.32 Å². The van der Waals surface area contributed by atoms with Crippen LogP contribution in [-0.4, -0.2) is 51.0 Å². The molecule has 1 aromatic rings. The third-order valence-corrected chi connectivity index (χ3v) is 5.57. The lowest BCUT2D eigenvalue weighted by molar-refractivity contribution is 0.0939. The molecule has 0 aliphatic carbocycles. The largest absolute Gasteiger partial charge is 0.378 e. The van der Waals surface area contributed by atoms with E-state index in [0.29, 0.717) is 11.3 Å². The van der Waals surface area contributed by atoms with Crippen molar-refractivity contribution in [2.45, 2.75) is 26.0 Å². The van der Waals surface area contributed by atoms with Crippen molar-refractivity contribution in [1.29, 1.82) is 0 Å². The molecule has 1 aliphatic rings. The Labute approximate surface area is 141 Å². The fraction of sp³-hybridized carbons (Fsp3) is 0.500. The second-order valence-electron chi connectivity index (χ2n) is 6.15. The third-order valence-electron chi connectivity index (χ3n) is 3.87. The summed E-state index contributed by atoms with van der Waals surface area (Å²) in [6.45, 7) is 3.65. The van der Waals surface area contributed by atoms with E-state index in [-0.39, 0.29) is 23.2 Å². The molecule has 2 unspecified atom stereocenters. The van der Waals surface area contributed by atoms with E-state index in [0.717, 1.165) is 0 Å². The maximum absolute atomic E-state index is 12.0. The Hall–Kier alpha value is -1.93. The van der Waals surface area contributed by atoms with E-state index in [1.165, 1.54) is 7.11 Å². The predicted molar refractivity (Wildman–Crippen MR) is 91.0 cm³/mol. The number of urea groups is 1. The Balaban J connectivity index is 1.96. The number of hydrogen-bond donors (Lipinski definition) is 2. The van der Waals surface area contributed by atoms with Crippen LogP contribution in [0.1, 0.15) is 24.2 Å². The first kappa shape index (κ1) is 18.4. The summed E-state index contributed by atoms with van der Waals surface area (Å²) in [7, 11) is -1.78. The number of benzene rings is 1. The van der Waals surface area contributed by atoms with Gasteiger partial charge in [-0.1, -0.05) is 13.8 Å². The Kier molecular flexibility index (Phi) is 5.61. The van der Waals surface area contributed by atoms with Gasteiger partial charge in [0.05, 0.1) is 23.7 Å². The monoisotopic (exact) mass is 354 g/mol. The average molecular weight is 354 g/mol. The third kappa shape index (κ3) is 4.55. The average Bonchev–Trinajstić information content (AvgIpc) is 2.80. The molecule has 132 valence electrons. The van der Waals surface area contributed by atoms with Crippen LogP contribution in [0.2, 0.25) is 0 Å². The van der Waals surface area contributed by atoms with Crippen LogP contribution in [0.25, 0.3) is 0 Å². The first-order valence-corrected chi connectivity index (χ1v) is 9.49. The number of hydrogen-bond acceptors (Lipinski definition) is 5. The highest BCUT2D eigenvalue weighted by molar-refractivity contribution is 7.91. The highest BCUT2D eigenvalue weighted by Crippen LogP contribution is 2.16.